The van der Waals surface area contributed by atoms with Crippen LogP contribution in [-0.2, 0) is 14.8 Å². The van der Waals surface area contributed by atoms with E-state index in [9.17, 15) is 13.2 Å². The van der Waals surface area contributed by atoms with Crippen molar-refractivity contribution in [3.8, 4) is 0 Å². The van der Waals surface area contributed by atoms with E-state index in [0.29, 0.717) is 11.6 Å². The van der Waals surface area contributed by atoms with Gasteiger partial charge in [-0.15, -0.1) is 0 Å². The first-order valence-corrected chi connectivity index (χ1v) is 8.86. The van der Waals surface area contributed by atoms with Crippen LogP contribution in [0.2, 0.25) is 5.02 Å². The van der Waals surface area contributed by atoms with Gasteiger partial charge in [-0.25, -0.2) is 8.42 Å². The van der Waals surface area contributed by atoms with E-state index in [1.807, 2.05) is 18.2 Å². The van der Waals surface area contributed by atoms with Crippen LogP contribution < -0.4 is 0 Å². The van der Waals surface area contributed by atoms with Gasteiger partial charge < -0.3 is 5.11 Å². The van der Waals surface area contributed by atoms with Gasteiger partial charge >= 0.3 is 5.97 Å². The predicted molar refractivity (Wildman–Crippen MR) is 80.8 cm³/mol. The van der Waals surface area contributed by atoms with Crippen molar-refractivity contribution in [3.05, 3.63) is 34.9 Å². The van der Waals surface area contributed by atoms with Crippen molar-refractivity contribution in [2.45, 2.75) is 31.7 Å². The average molecular weight is 332 g/mol. The number of halogens is 1. The van der Waals surface area contributed by atoms with Crippen LogP contribution in [0.5, 0.6) is 0 Å². The highest BCUT2D eigenvalue weighted by Gasteiger charge is 2.35. The number of carboxylic acid groups (broad SMARTS) is 1. The number of hydrogen-bond donors (Lipinski definition) is 1. The van der Waals surface area contributed by atoms with Crippen LogP contribution in [0.4, 0.5) is 0 Å². The largest absolute Gasteiger partial charge is 0.481 e. The summed E-state index contributed by atoms with van der Waals surface area (Å²) >= 11 is 6.17. The van der Waals surface area contributed by atoms with Crippen LogP contribution in [-0.4, -0.2) is 36.1 Å². The van der Waals surface area contributed by atoms with Crippen LogP contribution in [0.15, 0.2) is 24.3 Å². The lowest BCUT2D eigenvalue weighted by atomic mass is 10.1. The van der Waals surface area contributed by atoms with Gasteiger partial charge in [0, 0.05) is 18.0 Å². The first-order valence-electron chi connectivity index (χ1n) is 6.87. The molecule has 0 saturated carbocycles. The van der Waals surface area contributed by atoms with Gasteiger partial charge in [-0.2, -0.15) is 4.31 Å². The lowest BCUT2D eigenvalue weighted by Crippen LogP contribution is -2.33. The minimum atomic E-state index is -3.46. The number of nitrogens with zero attached hydrogens (tertiary/aromatic N) is 1. The highest BCUT2D eigenvalue weighted by Crippen LogP contribution is 2.37. The number of benzene rings is 1. The van der Waals surface area contributed by atoms with Gasteiger partial charge in [-0.05, 0) is 30.9 Å². The molecule has 1 saturated heterocycles. The SMILES string of the molecule is O=C(O)CCCS(=O)(=O)N1CCCC1c1ccccc1Cl. The van der Waals surface area contributed by atoms with Crippen molar-refractivity contribution >= 4 is 27.6 Å². The van der Waals surface area contributed by atoms with E-state index in [-0.39, 0.29) is 24.6 Å². The standard InChI is InChI=1S/C14H18ClNO4S/c15-12-6-2-1-5-11(12)13-7-3-9-16(13)21(19,20)10-4-8-14(17)18/h1-2,5-6,13H,3-4,7-10H2,(H,17,18). The molecule has 0 bridgehead atoms. The molecule has 0 radical (unpaired) electrons. The first-order chi connectivity index (χ1) is 9.92. The van der Waals surface area contributed by atoms with Gasteiger partial charge in [0.05, 0.1) is 11.8 Å². The van der Waals surface area contributed by atoms with Gasteiger partial charge in [0.1, 0.15) is 0 Å². The molecule has 1 aliphatic rings. The minimum Gasteiger partial charge on any atom is -0.481 e. The number of carbonyl (C=O) groups is 1. The molecule has 0 amide bonds. The molecule has 1 unspecified atom stereocenters. The Balaban J connectivity index is 2.14. The van der Waals surface area contributed by atoms with E-state index < -0.39 is 16.0 Å². The van der Waals surface area contributed by atoms with Crippen molar-refractivity contribution in [1.29, 1.82) is 0 Å². The lowest BCUT2D eigenvalue weighted by molar-refractivity contribution is -0.137. The van der Waals surface area contributed by atoms with Gasteiger partial charge in [-0.1, -0.05) is 29.8 Å². The fourth-order valence-corrected chi connectivity index (χ4v) is 4.67. The molecular formula is C14H18ClNO4S. The Morgan fingerprint density at radius 2 is 2.10 bits per heavy atom. The fraction of sp³-hybridized carbons (Fsp3) is 0.500. The monoisotopic (exact) mass is 331 g/mol. The molecule has 0 spiro atoms. The molecule has 1 aromatic rings. The summed E-state index contributed by atoms with van der Waals surface area (Å²) in [6, 6.07) is 7.01. The van der Waals surface area contributed by atoms with E-state index in [4.69, 9.17) is 16.7 Å². The van der Waals surface area contributed by atoms with Crippen molar-refractivity contribution < 1.29 is 18.3 Å². The van der Waals surface area contributed by atoms with Crippen LogP contribution in [0.1, 0.15) is 37.3 Å². The van der Waals surface area contributed by atoms with Gasteiger partial charge in [0.15, 0.2) is 0 Å². The second-order valence-corrected chi connectivity index (χ2v) is 7.55. The molecular weight excluding hydrogens is 314 g/mol. The third-order valence-electron chi connectivity index (χ3n) is 3.62. The normalized spacial score (nSPS) is 19.8. The summed E-state index contributed by atoms with van der Waals surface area (Å²) in [6.45, 7) is 0.464. The van der Waals surface area contributed by atoms with E-state index in [0.717, 1.165) is 18.4 Å². The third kappa shape index (κ3) is 3.96. The molecule has 2 rings (SSSR count). The molecule has 1 atom stereocenters. The maximum atomic E-state index is 12.4. The van der Waals surface area contributed by atoms with Crippen molar-refractivity contribution in [2.75, 3.05) is 12.3 Å². The molecule has 1 aliphatic heterocycles. The average Bonchev–Trinajstić information content (AvgIpc) is 2.88. The molecule has 1 N–H and O–H groups in total. The van der Waals surface area contributed by atoms with Crippen LogP contribution in [0, 0.1) is 0 Å². The summed E-state index contributed by atoms with van der Waals surface area (Å²) < 4.78 is 26.3. The van der Waals surface area contributed by atoms with Gasteiger partial charge in [0.25, 0.3) is 0 Å². The summed E-state index contributed by atoms with van der Waals surface area (Å²) in [7, 11) is -3.46. The Bertz CT molecular complexity index is 617. The predicted octanol–water partition coefficient (Wildman–Crippen LogP) is 2.67. The fourth-order valence-electron chi connectivity index (χ4n) is 2.65. The molecule has 7 heteroatoms. The van der Waals surface area contributed by atoms with E-state index in [1.54, 1.807) is 6.07 Å². The van der Waals surface area contributed by atoms with Crippen LogP contribution >= 0.6 is 11.6 Å². The van der Waals surface area contributed by atoms with E-state index >= 15 is 0 Å². The number of aliphatic carboxylic acids is 1. The topological polar surface area (TPSA) is 74.7 Å². The Morgan fingerprint density at radius 3 is 2.76 bits per heavy atom. The van der Waals surface area contributed by atoms with Crippen molar-refractivity contribution in [3.63, 3.8) is 0 Å². The Morgan fingerprint density at radius 1 is 1.38 bits per heavy atom. The first kappa shape index (κ1) is 16.3. The molecule has 116 valence electrons. The van der Waals surface area contributed by atoms with E-state index in [2.05, 4.69) is 0 Å². The number of hydrogen-bond acceptors (Lipinski definition) is 3. The second kappa shape index (κ2) is 6.77. The molecule has 1 fully saturated rings. The van der Waals surface area contributed by atoms with Crippen molar-refractivity contribution in [1.82, 2.24) is 4.31 Å². The zero-order valence-corrected chi connectivity index (χ0v) is 13.1. The van der Waals surface area contributed by atoms with Gasteiger partial charge in [0.2, 0.25) is 10.0 Å². The smallest absolute Gasteiger partial charge is 0.303 e. The molecule has 0 aromatic heterocycles. The van der Waals surface area contributed by atoms with E-state index in [1.165, 1.54) is 4.31 Å². The molecule has 5 nitrogen and oxygen atoms in total. The summed E-state index contributed by atoms with van der Waals surface area (Å²) in [5.74, 6) is -1.12. The third-order valence-corrected chi connectivity index (χ3v) is 5.92. The number of sulfonamides is 1. The molecule has 1 heterocycles. The maximum Gasteiger partial charge on any atom is 0.303 e. The van der Waals surface area contributed by atoms with Gasteiger partial charge in [-0.3, -0.25) is 4.79 Å². The zero-order chi connectivity index (χ0) is 15.5. The second-order valence-electron chi connectivity index (χ2n) is 5.10. The van der Waals surface area contributed by atoms with Crippen LogP contribution in [0.3, 0.4) is 0 Å². The highest BCUT2D eigenvalue weighted by atomic mass is 35.5. The Kier molecular flexibility index (Phi) is 5.24. The molecule has 0 aliphatic carbocycles. The maximum absolute atomic E-state index is 12.4. The Hall–Kier alpha value is -1.11. The minimum absolute atomic E-state index is 0.128. The molecule has 1 aromatic carbocycles. The Labute approximate surface area is 129 Å². The summed E-state index contributed by atoms with van der Waals surface area (Å²) in [5.41, 5.74) is 0.818. The van der Waals surface area contributed by atoms with Crippen LogP contribution in [0.25, 0.3) is 0 Å². The van der Waals surface area contributed by atoms with Crippen molar-refractivity contribution in [2.24, 2.45) is 0 Å². The number of rotatable bonds is 6. The molecule has 21 heavy (non-hydrogen) atoms. The number of carboxylic acids is 1. The lowest BCUT2D eigenvalue weighted by Gasteiger charge is -2.25. The zero-order valence-electron chi connectivity index (χ0n) is 11.5. The summed E-state index contributed by atoms with van der Waals surface area (Å²) in [5, 5.41) is 9.18. The summed E-state index contributed by atoms with van der Waals surface area (Å²) in [6.07, 6.45) is 1.52. The highest BCUT2D eigenvalue weighted by molar-refractivity contribution is 7.89. The summed E-state index contributed by atoms with van der Waals surface area (Å²) in [4.78, 5) is 10.5. The quantitative estimate of drug-likeness (QED) is 0.869.